The number of nitrogens with two attached hydrogens (primary N) is 1. The molecule has 0 radical (unpaired) electrons. The molecule has 2 rings (SSSR count). The van der Waals surface area contributed by atoms with Crippen molar-refractivity contribution in [3.63, 3.8) is 0 Å². The average Bonchev–Trinajstić information content (AvgIpc) is 2.80. The second-order valence-electron chi connectivity index (χ2n) is 4.53. The molecular formula is C14H20N4. The number of aryl methyl sites for hydroxylation is 2. The Bertz CT molecular complexity index is 499. The maximum absolute atomic E-state index is 5.74. The number of rotatable bonds is 5. The van der Waals surface area contributed by atoms with Crippen LogP contribution in [0.15, 0.2) is 24.3 Å². The fraction of sp³-hybridized carbons (Fsp3) is 0.429. The van der Waals surface area contributed by atoms with Gasteiger partial charge >= 0.3 is 0 Å². The molecule has 0 fully saturated rings. The predicted molar refractivity (Wildman–Crippen MR) is 73.0 cm³/mol. The Morgan fingerprint density at radius 1 is 1.22 bits per heavy atom. The minimum absolute atomic E-state index is 0.426. The fourth-order valence-electron chi connectivity index (χ4n) is 1.98. The molecule has 0 atom stereocenters. The van der Waals surface area contributed by atoms with Crippen LogP contribution in [0.3, 0.4) is 0 Å². The van der Waals surface area contributed by atoms with E-state index in [0.717, 1.165) is 36.3 Å². The summed E-state index contributed by atoms with van der Waals surface area (Å²) in [5.74, 6) is 0. The Morgan fingerprint density at radius 2 is 1.94 bits per heavy atom. The molecule has 0 aliphatic heterocycles. The molecule has 1 aromatic carbocycles. The number of hydrogen-bond acceptors (Lipinski definition) is 3. The normalized spacial score (nSPS) is 10.8. The third kappa shape index (κ3) is 2.59. The Labute approximate surface area is 108 Å². The molecule has 0 aliphatic rings. The molecule has 0 spiro atoms. The van der Waals surface area contributed by atoms with Crippen molar-refractivity contribution in [2.24, 2.45) is 5.73 Å². The molecule has 2 N–H and O–H groups in total. The molecule has 1 heterocycles. The Kier molecular flexibility index (Phi) is 4.10. The van der Waals surface area contributed by atoms with Crippen molar-refractivity contribution in [3.05, 3.63) is 35.5 Å². The summed E-state index contributed by atoms with van der Waals surface area (Å²) in [5.41, 5.74) is 10.1. The van der Waals surface area contributed by atoms with Crippen molar-refractivity contribution in [2.75, 3.05) is 0 Å². The van der Waals surface area contributed by atoms with Gasteiger partial charge in [0, 0.05) is 18.7 Å². The zero-order valence-corrected chi connectivity index (χ0v) is 11.1. The van der Waals surface area contributed by atoms with Gasteiger partial charge in [-0.2, -0.15) is 0 Å². The second-order valence-corrected chi connectivity index (χ2v) is 4.53. The topological polar surface area (TPSA) is 56.7 Å². The van der Waals surface area contributed by atoms with Gasteiger partial charge in [0.25, 0.3) is 0 Å². The van der Waals surface area contributed by atoms with Gasteiger partial charge in [-0.15, -0.1) is 5.10 Å². The van der Waals surface area contributed by atoms with Crippen molar-refractivity contribution < 1.29 is 0 Å². The molecule has 0 aliphatic carbocycles. The number of aromatic nitrogens is 3. The van der Waals surface area contributed by atoms with Crippen molar-refractivity contribution in [3.8, 4) is 11.3 Å². The fourth-order valence-corrected chi connectivity index (χ4v) is 1.98. The number of benzene rings is 1. The van der Waals surface area contributed by atoms with Crippen LogP contribution in [0, 0.1) is 6.92 Å². The van der Waals surface area contributed by atoms with E-state index in [4.69, 9.17) is 5.73 Å². The van der Waals surface area contributed by atoms with Crippen molar-refractivity contribution >= 4 is 0 Å². The van der Waals surface area contributed by atoms with E-state index in [-0.39, 0.29) is 0 Å². The summed E-state index contributed by atoms with van der Waals surface area (Å²) in [5, 5.41) is 8.38. The molecule has 4 heteroatoms. The summed E-state index contributed by atoms with van der Waals surface area (Å²) >= 11 is 0. The van der Waals surface area contributed by atoms with Gasteiger partial charge in [-0.25, -0.2) is 4.68 Å². The van der Waals surface area contributed by atoms with Gasteiger partial charge in [-0.3, -0.25) is 0 Å². The van der Waals surface area contributed by atoms with Crippen molar-refractivity contribution in [1.82, 2.24) is 15.0 Å². The van der Waals surface area contributed by atoms with Crippen molar-refractivity contribution in [2.45, 2.75) is 39.8 Å². The zero-order valence-electron chi connectivity index (χ0n) is 11.1. The molecular weight excluding hydrogens is 224 g/mol. The van der Waals surface area contributed by atoms with Crippen LogP contribution in [0.5, 0.6) is 0 Å². The number of nitrogens with zero attached hydrogens (tertiary/aromatic N) is 3. The van der Waals surface area contributed by atoms with Crippen LogP contribution in [0.4, 0.5) is 0 Å². The van der Waals surface area contributed by atoms with Crippen LogP contribution >= 0.6 is 0 Å². The molecule has 18 heavy (non-hydrogen) atoms. The molecule has 1 aromatic heterocycles. The molecule has 4 nitrogen and oxygen atoms in total. The van der Waals surface area contributed by atoms with E-state index < -0.39 is 0 Å². The highest BCUT2D eigenvalue weighted by atomic mass is 15.4. The standard InChI is InChI=1S/C14H20N4/c1-3-4-9-18-14(13(10-15)16-17-18)12-7-5-11(2)6-8-12/h5-8H,3-4,9-10,15H2,1-2H3. The van der Waals surface area contributed by atoms with E-state index in [0.29, 0.717) is 6.54 Å². The predicted octanol–water partition coefficient (Wildman–Crippen LogP) is 2.51. The van der Waals surface area contributed by atoms with Gasteiger partial charge in [0.05, 0.1) is 5.69 Å². The molecule has 0 saturated heterocycles. The lowest BCUT2D eigenvalue weighted by Crippen LogP contribution is -2.04. The van der Waals surface area contributed by atoms with Gasteiger partial charge in [0.1, 0.15) is 5.69 Å². The summed E-state index contributed by atoms with van der Waals surface area (Å²) in [7, 11) is 0. The van der Waals surface area contributed by atoms with Crippen LogP contribution in [0.2, 0.25) is 0 Å². The first-order chi connectivity index (χ1) is 8.76. The molecule has 0 saturated carbocycles. The summed E-state index contributed by atoms with van der Waals surface area (Å²) < 4.78 is 1.97. The van der Waals surface area contributed by atoms with E-state index in [2.05, 4.69) is 48.4 Å². The van der Waals surface area contributed by atoms with Crippen molar-refractivity contribution in [1.29, 1.82) is 0 Å². The summed E-state index contributed by atoms with van der Waals surface area (Å²) in [6.07, 6.45) is 2.25. The van der Waals surface area contributed by atoms with Gasteiger partial charge in [0.2, 0.25) is 0 Å². The molecule has 2 aromatic rings. The smallest absolute Gasteiger partial charge is 0.104 e. The van der Waals surface area contributed by atoms with E-state index in [1.165, 1.54) is 5.56 Å². The third-order valence-electron chi connectivity index (χ3n) is 3.05. The second kappa shape index (κ2) is 5.78. The lowest BCUT2D eigenvalue weighted by Gasteiger charge is -2.07. The Balaban J connectivity index is 2.39. The number of unbranched alkanes of at least 4 members (excludes halogenated alkanes) is 1. The first-order valence-corrected chi connectivity index (χ1v) is 6.45. The maximum Gasteiger partial charge on any atom is 0.104 e. The lowest BCUT2D eigenvalue weighted by molar-refractivity contribution is 0.557. The van der Waals surface area contributed by atoms with E-state index >= 15 is 0 Å². The van der Waals surface area contributed by atoms with Gasteiger partial charge in [0.15, 0.2) is 0 Å². The molecule has 0 amide bonds. The first kappa shape index (κ1) is 12.8. The van der Waals surface area contributed by atoms with Gasteiger partial charge in [-0.05, 0) is 13.3 Å². The molecule has 0 bridgehead atoms. The molecule has 96 valence electrons. The first-order valence-electron chi connectivity index (χ1n) is 6.45. The van der Waals surface area contributed by atoms with Gasteiger partial charge in [-0.1, -0.05) is 48.4 Å². The Hall–Kier alpha value is -1.68. The lowest BCUT2D eigenvalue weighted by atomic mass is 10.1. The van der Waals surface area contributed by atoms with Crippen LogP contribution in [-0.4, -0.2) is 15.0 Å². The largest absolute Gasteiger partial charge is 0.325 e. The quantitative estimate of drug-likeness (QED) is 0.879. The Morgan fingerprint density at radius 3 is 2.56 bits per heavy atom. The monoisotopic (exact) mass is 244 g/mol. The highest BCUT2D eigenvalue weighted by Crippen LogP contribution is 2.22. The van der Waals surface area contributed by atoms with Crippen LogP contribution < -0.4 is 5.73 Å². The summed E-state index contributed by atoms with van der Waals surface area (Å²) in [6, 6.07) is 8.42. The summed E-state index contributed by atoms with van der Waals surface area (Å²) in [4.78, 5) is 0. The van der Waals surface area contributed by atoms with Crippen LogP contribution in [0.1, 0.15) is 31.0 Å². The van der Waals surface area contributed by atoms with E-state index in [9.17, 15) is 0 Å². The molecule has 0 unspecified atom stereocenters. The minimum Gasteiger partial charge on any atom is -0.325 e. The average molecular weight is 244 g/mol. The summed E-state index contributed by atoms with van der Waals surface area (Å²) in [6.45, 7) is 5.58. The zero-order chi connectivity index (χ0) is 13.0. The van der Waals surface area contributed by atoms with Crippen LogP contribution in [0.25, 0.3) is 11.3 Å². The highest BCUT2D eigenvalue weighted by molar-refractivity contribution is 5.62. The maximum atomic E-state index is 5.74. The number of hydrogen-bond donors (Lipinski definition) is 1. The van der Waals surface area contributed by atoms with Gasteiger partial charge < -0.3 is 5.73 Å². The minimum atomic E-state index is 0.426. The van der Waals surface area contributed by atoms with Crippen LogP contribution in [-0.2, 0) is 13.1 Å². The van der Waals surface area contributed by atoms with E-state index in [1.54, 1.807) is 0 Å². The van der Waals surface area contributed by atoms with E-state index in [1.807, 2.05) is 4.68 Å². The SMILES string of the molecule is CCCCn1nnc(CN)c1-c1ccc(C)cc1. The highest BCUT2D eigenvalue weighted by Gasteiger charge is 2.13. The third-order valence-corrected chi connectivity index (χ3v) is 3.05.